The first-order chi connectivity index (χ1) is 17.8. The number of carbonyl (C=O) groups excluding carboxylic acids is 2. The number of benzene rings is 3. The van der Waals surface area contributed by atoms with E-state index in [1.54, 1.807) is 60.7 Å². The Bertz CT molecular complexity index is 1290. The standard InChI is InChI=1S/C30H31NO6/c1-4-16-36-24-12-8-20(9-13-24)28(33)26-27(21-6-5-7-23(32)17-21)31(30(35)29(26)34)22-10-14-25(15-11-22)37-18-19(2)3/h5-15,17,19,27,32-33H,4,16,18H2,1-3H3/b28-26-. The number of aliphatic hydroxyl groups is 1. The Morgan fingerprint density at radius 2 is 1.59 bits per heavy atom. The summed E-state index contributed by atoms with van der Waals surface area (Å²) in [5.41, 5.74) is 1.28. The molecule has 7 nitrogen and oxygen atoms in total. The van der Waals surface area contributed by atoms with Gasteiger partial charge in [0.2, 0.25) is 0 Å². The number of amides is 1. The number of phenolic OH excluding ortho intramolecular Hbond substituents is 1. The first-order valence-electron chi connectivity index (χ1n) is 12.4. The monoisotopic (exact) mass is 501 g/mol. The highest BCUT2D eigenvalue weighted by Crippen LogP contribution is 2.43. The first-order valence-corrected chi connectivity index (χ1v) is 12.4. The Kier molecular flexibility index (Phi) is 7.82. The zero-order valence-electron chi connectivity index (χ0n) is 21.2. The van der Waals surface area contributed by atoms with Crippen molar-refractivity contribution in [1.29, 1.82) is 0 Å². The number of ketones is 1. The predicted octanol–water partition coefficient (Wildman–Crippen LogP) is 5.84. The lowest BCUT2D eigenvalue weighted by atomic mass is 9.95. The van der Waals surface area contributed by atoms with Crippen LogP contribution in [0, 0.1) is 5.92 Å². The van der Waals surface area contributed by atoms with Crippen molar-refractivity contribution >= 4 is 23.1 Å². The molecule has 0 spiro atoms. The summed E-state index contributed by atoms with van der Waals surface area (Å²) < 4.78 is 11.4. The largest absolute Gasteiger partial charge is 0.508 e. The molecule has 7 heteroatoms. The van der Waals surface area contributed by atoms with Crippen molar-refractivity contribution in [2.24, 2.45) is 5.92 Å². The van der Waals surface area contributed by atoms with Crippen LogP contribution in [0.2, 0.25) is 0 Å². The molecule has 1 aliphatic heterocycles. The van der Waals surface area contributed by atoms with Gasteiger partial charge in [-0.25, -0.2) is 0 Å². The number of nitrogens with zero attached hydrogens (tertiary/aromatic N) is 1. The second-order valence-corrected chi connectivity index (χ2v) is 9.34. The number of anilines is 1. The Morgan fingerprint density at radius 3 is 2.22 bits per heavy atom. The third kappa shape index (κ3) is 5.61. The van der Waals surface area contributed by atoms with Crippen LogP contribution in [0.3, 0.4) is 0 Å². The second kappa shape index (κ2) is 11.2. The van der Waals surface area contributed by atoms with E-state index in [0.717, 1.165) is 6.42 Å². The van der Waals surface area contributed by atoms with Gasteiger partial charge in [-0.15, -0.1) is 0 Å². The van der Waals surface area contributed by atoms with Crippen LogP contribution in [0.15, 0.2) is 78.4 Å². The topological polar surface area (TPSA) is 96.3 Å². The molecule has 1 saturated heterocycles. The van der Waals surface area contributed by atoms with Gasteiger partial charge in [0.1, 0.15) is 23.0 Å². The van der Waals surface area contributed by atoms with Crippen LogP contribution in [-0.4, -0.2) is 35.1 Å². The van der Waals surface area contributed by atoms with Crippen LogP contribution >= 0.6 is 0 Å². The molecule has 192 valence electrons. The van der Waals surface area contributed by atoms with E-state index < -0.39 is 17.7 Å². The van der Waals surface area contributed by atoms with Gasteiger partial charge < -0.3 is 19.7 Å². The number of ether oxygens (including phenoxy) is 2. The Hall–Kier alpha value is -4.26. The molecule has 1 aliphatic rings. The van der Waals surface area contributed by atoms with Gasteiger partial charge in [0, 0.05) is 11.3 Å². The molecule has 37 heavy (non-hydrogen) atoms. The SMILES string of the molecule is CCCOc1ccc(/C(O)=C2/C(=O)C(=O)N(c3ccc(OCC(C)C)cc3)C2c2cccc(O)c2)cc1. The van der Waals surface area contributed by atoms with Gasteiger partial charge in [-0.05, 0) is 78.6 Å². The fraction of sp³-hybridized carbons (Fsp3) is 0.267. The molecule has 0 bridgehead atoms. The highest BCUT2D eigenvalue weighted by Gasteiger charge is 2.47. The molecule has 3 aromatic rings. The summed E-state index contributed by atoms with van der Waals surface area (Å²) >= 11 is 0. The highest BCUT2D eigenvalue weighted by atomic mass is 16.5. The van der Waals surface area contributed by atoms with Gasteiger partial charge >= 0.3 is 0 Å². The maximum absolute atomic E-state index is 13.3. The van der Waals surface area contributed by atoms with Crippen LogP contribution in [0.5, 0.6) is 17.2 Å². The van der Waals surface area contributed by atoms with Crippen LogP contribution in [-0.2, 0) is 9.59 Å². The van der Waals surface area contributed by atoms with Crippen molar-refractivity contribution in [3.8, 4) is 17.2 Å². The third-order valence-corrected chi connectivity index (χ3v) is 5.93. The van der Waals surface area contributed by atoms with Crippen molar-refractivity contribution in [3.63, 3.8) is 0 Å². The number of hydrogen-bond donors (Lipinski definition) is 2. The van der Waals surface area contributed by atoms with Gasteiger partial charge in [-0.1, -0.05) is 32.9 Å². The molecular weight excluding hydrogens is 470 g/mol. The van der Waals surface area contributed by atoms with E-state index in [-0.39, 0.29) is 17.1 Å². The van der Waals surface area contributed by atoms with Gasteiger partial charge in [-0.3, -0.25) is 14.5 Å². The van der Waals surface area contributed by atoms with E-state index in [1.165, 1.54) is 17.0 Å². The minimum absolute atomic E-state index is 0.0158. The number of phenols is 1. The average Bonchev–Trinajstić information content (AvgIpc) is 3.16. The second-order valence-electron chi connectivity index (χ2n) is 9.34. The molecule has 1 fully saturated rings. The number of aromatic hydroxyl groups is 1. The van der Waals surface area contributed by atoms with Gasteiger partial charge in [-0.2, -0.15) is 0 Å². The first kappa shape index (κ1) is 25.8. The smallest absolute Gasteiger partial charge is 0.300 e. The summed E-state index contributed by atoms with van der Waals surface area (Å²) in [6, 6.07) is 19.0. The zero-order valence-corrected chi connectivity index (χ0v) is 21.2. The van der Waals surface area contributed by atoms with Crippen molar-refractivity contribution in [2.75, 3.05) is 18.1 Å². The maximum Gasteiger partial charge on any atom is 0.300 e. The van der Waals surface area contributed by atoms with Crippen LogP contribution in [0.25, 0.3) is 5.76 Å². The van der Waals surface area contributed by atoms with E-state index in [4.69, 9.17) is 9.47 Å². The lowest BCUT2D eigenvalue weighted by molar-refractivity contribution is -0.132. The van der Waals surface area contributed by atoms with E-state index in [0.29, 0.717) is 47.4 Å². The number of Topliss-reactive ketones (excluding diaryl/α,β-unsaturated/α-hetero) is 1. The van der Waals surface area contributed by atoms with Gasteiger partial charge in [0.25, 0.3) is 11.7 Å². The molecule has 0 aliphatic carbocycles. The molecule has 0 aromatic heterocycles. The van der Waals surface area contributed by atoms with Crippen LogP contribution in [0.1, 0.15) is 44.4 Å². The molecule has 1 atom stereocenters. The fourth-order valence-corrected chi connectivity index (χ4v) is 4.16. The Labute approximate surface area is 216 Å². The van der Waals surface area contributed by atoms with Gasteiger partial charge in [0.15, 0.2) is 0 Å². The molecular formula is C30H31NO6. The lowest BCUT2D eigenvalue weighted by Crippen LogP contribution is -2.29. The number of carbonyl (C=O) groups is 2. The van der Waals surface area contributed by atoms with E-state index in [2.05, 4.69) is 13.8 Å². The summed E-state index contributed by atoms with van der Waals surface area (Å²) in [4.78, 5) is 28.0. The van der Waals surface area contributed by atoms with Crippen molar-refractivity contribution in [1.82, 2.24) is 0 Å². The van der Waals surface area contributed by atoms with E-state index >= 15 is 0 Å². The van der Waals surface area contributed by atoms with E-state index in [1.807, 2.05) is 6.92 Å². The number of aliphatic hydroxyl groups excluding tert-OH is 1. The zero-order chi connectivity index (χ0) is 26.5. The summed E-state index contributed by atoms with van der Waals surface area (Å²) in [5.74, 6) is -0.246. The van der Waals surface area contributed by atoms with Crippen molar-refractivity contribution in [3.05, 3.63) is 89.5 Å². The van der Waals surface area contributed by atoms with Crippen LogP contribution < -0.4 is 14.4 Å². The quantitative estimate of drug-likeness (QED) is 0.217. The third-order valence-electron chi connectivity index (χ3n) is 5.93. The summed E-state index contributed by atoms with van der Waals surface area (Å²) in [6.45, 7) is 7.22. The normalized spacial score (nSPS) is 16.9. The van der Waals surface area contributed by atoms with E-state index in [9.17, 15) is 19.8 Å². The molecule has 0 radical (unpaired) electrons. The maximum atomic E-state index is 13.3. The van der Waals surface area contributed by atoms with Crippen molar-refractivity contribution < 1.29 is 29.3 Å². The Morgan fingerprint density at radius 1 is 0.946 bits per heavy atom. The summed E-state index contributed by atoms with van der Waals surface area (Å²) in [5, 5.41) is 21.4. The molecule has 3 aromatic carbocycles. The molecule has 2 N–H and O–H groups in total. The molecule has 1 unspecified atom stereocenters. The average molecular weight is 502 g/mol. The minimum atomic E-state index is -0.939. The van der Waals surface area contributed by atoms with Gasteiger partial charge in [0.05, 0.1) is 24.8 Å². The molecule has 1 amide bonds. The van der Waals surface area contributed by atoms with Crippen molar-refractivity contribution in [2.45, 2.75) is 33.2 Å². The predicted molar refractivity (Wildman–Crippen MR) is 142 cm³/mol. The fourth-order valence-electron chi connectivity index (χ4n) is 4.16. The number of rotatable bonds is 9. The molecule has 0 saturated carbocycles. The summed E-state index contributed by atoms with van der Waals surface area (Å²) in [6.07, 6.45) is 0.861. The summed E-state index contributed by atoms with van der Waals surface area (Å²) in [7, 11) is 0. The minimum Gasteiger partial charge on any atom is -0.508 e. The Balaban J connectivity index is 1.77. The lowest BCUT2D eigenvalue weighted by Gasteiger charge is -2.25. The van der Waals surface area contributed by atoms with Crippen LogP contribution in [0.4, 0.5) is 5.69 Å². The molecule has 4 rings (SSSR count). The highest BCUT2D eigenvalue weighted by molar-refractivity contribution is 6.51. The number of hydrogen-bond acceptors (Lipinski definition) is 6. The molecule has 1 heterocycles.